The summed E-state index contributed by atoms with van der Waals surface area (Å²) in [6, 6.07) is 7.62. The van der Waals surface area contributed by atoms with E-state index < -0.39 is 6.55 Å². The third kappa shape index (κ3) is 3.51. The summed E-state index contributed by atoms with van der Waals surface area (Å²) in [7, 11) is 1.55. The van der Waals surface area contributed by atoms with Crippen LogP contribution in [0.1, 0.15) is 30.6 Å². The average Bonchev–Trinajstić information content (AvgIpc) is 3.23. The van der Waals surface area contributed by atoms with Crippen LogP contribution in [0.4, 0.5) is 8.78 Å². The number of rotatable bonds is 6. The lowest BCUT2D eigenvalue weighted by atomic mass is 10.1. The Kier molecular flexibility index (Phi) is 5.16. The zero-order valence-corrected chi connectivity index (χ0v) is 14.5. The van der Waals surface area contributed by atoms with Gasteiger partial charge in [-0.3, -0.25) is 9.36 Å². The lowest BCUT2D eigenvalue weighted by molar-refractivity contribution is -0.125. The number of carbonyl (C=O) groups excluding carboxylic acids is 1. The number of halogens is 2. The molecule has 136 valence electrons. The fourth-order valence-corrected chi connectivity index (χ4v) is 2.78. The van der Waals surface area contributed by atoms with E-state index in [-0.39, 0.29) is 18.3 Å². The minimum Gasteiger partial charge on any atom is -0.460 e. The minimum absolute atomic E-state index is 0.00666. The highest BCUT2D eigenvalue weighted by Crippen LogP contribution is 2.27. The molecule has 0 bridgehead atoms. The van der Waals surface area contributed by atoms with E-state index in [1.165, 1.54) is 23.4 Å². The van der Waals surface area contributed by atoms with Gasteiger partial charge in [-0.05, 0) is 12.1 Å². The second-order valence-electron chi connectivity index (χ2n) is 5.84. The second kappa shape index (κ2) is 7.51. The molecule has 0 aliphatic heterocycles. The fraction of sp³-hybridized carbons (Fsp3) is 0.263. The number of aromatic nitrogens is 2. The number of amides is 1. The summed E-state index contributed by atoms with van der Waals surface area (Å²) >= 11 is 0. The van der Waals surface area contributed by atoms with Gasteiger partial charge >= 0.3 is 6.55 Å². The van der Waals surface area contributed by atoms with Gasteiger partial charge in [-0.25, -0.2) is 4.98 Å². The van der Waals surface area contributed by atoms with Crippen LogP contribution in [0.25, 0.3) is 17.0 Å². The predicted molar refractivity (Wildman–Crippen MR) is 94.6 cm³/mol. The van der Waals surface area contributed by atoms with Crippen molar-refractivity contribution in [3.63, 3.8) is 0 Å². The summed E-state index contributed by atoms with van der Waals surface area (Å²) in [6.45, 7) is -0.712. The Morgan fingerprint density at radius 1 is 1.38 bits per heavy atom. The highest BCUT2D eigenvalue weighted by atomic mass is 19.3. The number of imidazole rings is 1. The summed E-state index contributed by atoms with van der Waals surface area (Å²) < 4.78 is 32.3. The van der Waals surface area contributed by atoms with E-state index in [0.717, 1.165) is 26.9 Å². The molecule has 2 heterocycles. The van der Waals surface area contributed by atoms with E-state index in [1.807, 2.05) is 31.2 Å². The molecule has 1 aromatic carbocycles. The Morgan fingerprint density at radius 3 is 2.88 bits per heavy atom. The van der Waals surface area contributed by atoms with Crippen molar-refractivity contribution < 1.29 is 18.0 Å². The number of benzene rings is 1. The molecule has 1 amide bonds. The summed E-state index contributed by atoms with van der Waals surface area (Å²) in [6.07, 6.45) is 6.32. The van der Waals surface area contributed by atoms with Crippen LogP contribution < -0.4 is 0 Å². The van der Waals surface area contributed by atoms with Crippen LogP contribution in [-0.2, 0) is 17.8 Å². The fourth-order valence-electron chi connectivity index (χ4n) is 2.78. The van der Waals surface area contributed by atoms with Gasteiger partial charge in [0, 0.05) is 42.9 Å². The molecule has 0 N–H and O–H groups in total. The van der Waals surface area contributed by atoms with Crippen LogP contribution >= 0.6 is 0 Å². The average molecular weight is 359 g/mol. The molecule has 3 aromatic rings. The van der Waals surface area contributed by atoms with Crippen molar-refractivity contribution in [3.8, 4) is 0 Å². The maximum Gasteiger partial charge on any atom is 0.319 e. The smallest absolute Gasteiger partial charge is 0.319 e. The number of carbonyl (C=O) groups is 1. The first-order chi connectivity index (χ1) is 12.5. The van der Waals surface area contributed by atoms with Crippen LogP contribution in [0.15, 0.2) is 47.2 Å². The number of furan rings is 1. The molecule has 5 nitrogen and oxygen atoms in total. The lowest BCUT2D eigenvalue weighted by Gasteiger charge is -2.15. The van der Waals surface area contributed by atoms with Gasteiger partial charge in [0.05, 0.1) is 6.54 Å². The standard InChI is InChI=1S/C19H19F2N3O2/c1-3-15-14(13-6-4-5-7-16(13)26-15)8-9-18(25)23(2)12-17-22-10-11-24(17)19(20)21/h4-11,19H,3,12H2,1-2H3/b9-8+. The van der Waals surface area contributed by atoms with Gasteiger partial charge in [0.1, 0.15) is 17.2 Å². The van der Waals surface area contributed by atoms with E-state index >= 15 is 0 Å². The zero-order chi connectivity index (χ0) is 18.7. The Bertz CT molecular complexity index is 943. The number of hydrogen-bond acceptors (Lipinski definition) is 3. The zero-order valence-electron chi connectivity index (χ0n) is 14.5. The summed E-state index contributed by atoms with van der Waals surface area (Å²) in [5.41, 5.74) is 1.63. The quantitative estimate of drug-likeness (QED) is 0.618. The number of para-hydroxylation sites is 1. The minimum atomic E-state index is -2.68. The Labute approximate surface area is 149 Å². The number of nitrogens with zero attached hydrogens (tertiary/aromatic N) is 3. The molecule has 0 saturated heterocycles. The van der Waals surface area contributed by atoms with Gasteiger partial charge in [0.2, 0.25) is 5.91 Å². The molecule has 0 atom stereocenters. The molecule has 0 radical (unpaired) electrons. The number of aryl methyl sites for hydroxylation is 1. The van der Waals surface area contributed by atoms with Crippen molar-refractivity contribution in [1.29, 1.82) is 0 Å². The Hall–Kier alpha value is -2.96. The highest BCUT2D eigenvalue weighted by molar-refractivity contribution is 5.96. The molecular formula is C19H19F2N3O2. The van der Waals surface area contributed by atoms with Crippen molar-refractivity contribution in [3.05, 3.63) is 59.9 Å². The molecular weight excluding hydrogens is 340 g/mol. The van der Waals surface area contributed by atoms with Gasteiger partial charge in [-0.1, -0.05) is 25.1 Å². The van der Waals surface area contributed by atoms with Crippen LogP contribution in [0.2, 0.25) is 0 Å². The predicted octanol–water partition coefficient (Wildman–Crippen LogP) is 4.26. The van der Waals surface area contributed by atoms with Crippen molar-refractivity contribution in [2.45, 2.75) is 26.4 Å². The first-order valence-corrected chi connectivity index (χ1v) is 8.24. The number of fused-ring (bicyclic) bond motifs is 1. The van der Waals surface area contributed by atoms with Crippen LogP contribution in [-0.4, -0.2) is 27.4 Å². The molecule has 0 fully saturated rings. The van der Waals surface area contributed by atoms with E-state index in [9.17, 15) is 13.6 Å². The maximum absolute atomic E-state index is 12.9. The lowest BCUT2D eigenvalue weighted by Crippen LogP contribution is -2.26. The van der Waals surface area contributed by atoms with Crippen molar-refractivity contribution in [2.24, 2.45) is 0 Å². The third-order valence-corrected chi connectivity index (χ3v) is 4.14. The number of alkyl halides is 2. The van der Waals surface area contributed by atoms with Crippen LogP contribution in [0.3, 0.4) is 0 Å². The Balaban J connectivity index is 1.78. The van der Waals surface area contributed by atoms with Crippen molar-refractivity contribution in [2.75, 3.05) is 7.05 Å². The summed E-state index contributed by atoms with van der Waals surface area (Å²) in [5, 5.41) is 0.935. The van der Waals surface area contributed by atoms with Gasteiger partial charge in [-0.15, -0.1) is 0 Å². The summed E-state index contributed by atoms with van der Waals surface area (Å²) in [5.74, 6) is 0.625. The topological polar surface area (TPSA) is 51.3 Å². The molecule has 0 saturated carbocycles. The monoisotopic (exact) mass is 359 g/mol. The van der Waals surface area contributed by atoms with E-state index in [2.05, 4.69) is 4.98 Å². The molecule has 3 rings (SSSR count). The van der Waals surface area contributed by atoms with E-state index in [1.54, 1.807) is 13.1 Å². The molecule has 0 spiro atoms. The SMILES string of the molecule is CCc1oc2ccccc2c1/C=C/C(=O)N(C)Cc1nccn1C(F)F. The van der Waals surface area contributed by atoms with Gasteiger partial charge in [-0.2, -0.15) is 8.78 Å². The first-order valence-electron chi connectivity index (χ1n) is 8.24. The molecule has 7 heteroatoms. The van der Waals surface area contributed by atoms with Gasteiger partial charge in [0.25, 0.3) is 0 Å². The molecule has 26 heavy (non-hydrogen) atoms. The summed E-state index contributed by atoms with van der Waals surface area (Å²) in [4.78, 5) is 17.6. The third-order valence-electron chi connectivity index (χ3n) is 4.14. The van der Waals surface area contributed by atoms with Gasteiger partial charge in [0.15, 0.2) is 0 Å². The molecule has 0 unspecified atom stereocenters. The number of likely N-dealkylation sites (N-methyl/N-ethyl adjacent to an activating group) is 1. The normalized spacial score (nSPS) is 11.7. The Morgan fingerprint density at radius 2 is 2.15 bits per heavy atom. The van der Waals surface area contributed by atoms with Crippen molar-refractivity contribution in [1.82, 2.24) is 14.5 Å². The molecule has 0 aliphatic carbocycles. The van der Waals surface area contributed by atoms with Crippen LogP contribution in [0.5, 0.6) is 0 Å². The molecule has 0 aliphatic rings. The largest absolute Gasteiger partial charge is 0.460 e. The first kappa shape index (κ1) is 17.8. The van der Waals surface area contributed by atoms with E-state index in [4.69, 9.17) is 4.42 Å². The van der Waals surface area contributed by atoms with Crippen LogP contribution in [0, 0.1) is 0 Å². The molecule has 2 aromatic heterocycles. The number of hydrogen-bond donors (Lipinski definition) is 0. The highest BCUT2D eigenvalue weighted by Gasteiger charge is 2.15. The maximum atomic E-state index is 12.9. The van der Waals surface area contributed by atoms with E-state index in [0.29, 0.717) is 6.42 Å². The van der Waals surface area contributed by atoms with Crippen molar-refractivity contribution >= 4 is 23.0 Å². The second-order valence-corrected chi connectivity index (χ2v) is 5.84. The van der Waals surface area contributed by atoms with Gasteiger partial charge < -0.3 is 9.32 Å².